The van der Waals surface area contributed by atoms with Crippen molar-refractivity contribution < 1.29 is 19.0 Å². The molecule has 0 aliphatic rings. The zero-order valence-corrected chi connectivity index (χ0v) is 10.4. The molecule has 0 atom stereocenters. The van der Waals surface area contributed by atoms with Gasteiger partial charge in [-0.15, -0.1) is 0 Å². The predicted octanol–water partition coefficient (Wildman–Crippen LogP) is 2.43. The molecule has 1 aromatic carbocycles. The number of rotatable bonds is 6. The second-order valence-electron chi connectivity index (χ2n) is 3.55. The van der Waals surface area contributed by atoms with Crippen LogP contribution in [-0.4, -0.2) is 20.2 Å². The highest BCUT2D eigenvalue weighted by Crippen LogP contribution is 2.28. The first-order valence-electron chi connectivity index (χ1n) is 5.56. The van der Waals surface area contributed by atoms with Gasteiger partial charge in [0.25, 0.3) is 0 Å². The Morgan fingerprint density at radius 3 is 2.24 bits per heavy atom. The number of esters is 1. The maximum atomic E-state index is 11.6. The van der Waals surface area contributed by atoms with E-state index >= 15 is 0 Å². The Morgan fingerprint density at radius 2 is 1.76 bits per heavy atom. The Morgan fingerprint density at radius 1 is 1.18 bits per heavy atom. The van der Waals surface area contributed by atoms with Gasteiger partial charge in [-0.05, 0) is 18.6 Å². The van der Waals surface area contributed by atoms with Crippen molar-refractivity contribution in [3.05, 3.63) is 35.9 Å². The fourth-order valence-electron chi connectivity index (χ4n) is 1.51. The summed E-state index contributed by atoms with van der Waals surface area (Å²) in [4.78, 5) is 11.6. The second kappa shape index (κ2) is 6.37. The van der Waals surface area contributed by atoms with E-state index in [4.69, 9.17) is 14.2 Å². The molecule has 1 aromatic rings. The predicted molar refractivity (Wildman–Crippen MR) is 63.1 cm³/mol. The Labute approximate surface area is 101 Å². The minimum Gasteiger partial charge on any atom is -0.404 e. The molecule has 0 spiro atoms. The van der Waals surface area contributed by atoms with Gasteiger partial charge in [-0.25, -0.2) is 0 Å². The van der Waals surface area contributed by atoms with E-state index in [2.05, 4.69) is 0 Å². The summed E-state index contributed by atoms with van der Waals surface area (Å²) in [6.45, 7) is 1.91. The monoisotopic (exact) mass is 238 g/mol. The highest BCUT2D eigenvalue weighted by atomic mass is 16.9. The van der Waals surface area contributed by atoms with Gasteiger partial charge in [-0.2, -0.15) is 0 Å². The molecule has 4 heteroatoms. The molecule has 0 aliphatic heterocycles. The first-order chi connectivity index (χ1) is 8.18. The number of carbonyl (C=O) groups is 1. The summed E-state index contributed by atoms with van der Waals surface area (Å²) in [7, 11) is 2.88. The molecule has 0 aromatic heterocycles. The van der Waals surface area contributed by atoms with E-state index in [1.165, 1.54) is 14.2 Å². The molecule has 1 rings (SSSR count). The van der Waals surface area contributed by atoms with Gasteiger partial charge in [0, 0.05) is 20.6 Å². The summed E-state index contributed by atoms with van der Waals surface area (Å²) in [5.74, 6) is -1.80. The van der Waals surface area contributed by atoms with Gasteiger partial charge >= 0.3 is 11.9 Å². The average molecular weight is 238 g/mol. The summed E-state index contributed by atoms with van der Waals surface area (Å²) in [5, 5.41) is 0. The van der Waals surface area contributed by atoms with E-state index in [0.717, 1.165) is 6.42 Å². The Balaban J connectivity index is 2.93. The second-order valence-corrected chi connectivity index (χ2v) is 3.55. The lowest BCUT2D eigenvalue weighted by molar-refractivity contribution is -0.355. The van der Waals surface area contributed by atoms with Crippen LogP contribution in [0.3, 0.4) is 0 Å². The van der Waals surface area contributed by atoms with Crippen molar-refractivity contribution in [2.45, 2.75) is 25.7 Å². The van der Waals surface area contributed by atoms with Crippen molar-refractivity contribution in [3.8, 4) is 0 Å². The van der Waals surface area contributed by atoms with Crippen LogP contribution in [0.25, 0.3) is 0 Å². The minimum atomic E-state index is -1.45. The molecule has 0 fully saturated rings. The van der Waals surface area contributed by atoms with Crippen molar-refractivity contribution in [1.82, 2.24) is 0 Å². The van der Waals surface area contributed by atoms with E-state index in [9.17, 15) is 4.79 Å². The molecule has 0 heterocycles. The minimum absolute atomic E-state index is 0.335. The summed E-state index contributed by atoms with van der Waals surface area (Å²) in [6, 6.07) is 9.09. The van der Waals surface area contributed by atoms with Crippen LogP contribution in [0.1, 0.15) is 25.3 Å². The molecule has 17 heavy (non-hydrogen) atoms. The fourth-order valence-corrected chi connectivity index (χ4v) is 1.51. The fraction of sp³-hybridized carbons (Fsp3) is 0.462. The molecule has 0 bridgehead atoms. The first-order valence-corrected chi connectivity index (χ1v) is 5.56. The molecule has 0 N–H and O–H groups in total. The van der Waals surface area contributed by atoms with Crippen molar-refractivity contribution in [3.63, 3.8) is 0 Å². The number of methoxy groups -OCH3 is 2. The van der Waals surface area contributed by atoms with Crippen molar-refractivity contribution in [2.24, 2.45) is 0 Å². The van der Waals surface area contributed by atoms with Gasteiger partial charge in [0.1, 0.15) is 0 Å². The molecular weight excluding hydrogens is 220 g/mol. The number of hydrogen-bond donors (Lipinski definition) is 0. The van der Waals surface area contributed by atoms with Crippen LogP contribution in [0.4, 0.5) is 0 Å². The molecule has 0 saturated heterocycles. The SMILES string of the molecule is CCCC(=O)OC(OC)(OC)c1ccccc1. The van der Waals surface area contributed by atoms with Gasteiger partial charge in [0.2, 0.25) is 0 Å². The maximum absolute atomic E-state index is 11.6. The van der Waals surface area contributed by atoms with Crippen molar-refractivity contribution in [2.75, 3.05) is 14.2 Å². The third kappa shape index (κ3) is 3.28. The Kier molecular flexibility index (Phi) is 5.12. The largest absolute Gasteiger partial charge is 0.404 e. The van der Waals surface area contributed by atoms with E-state index in [-0.39, 0.29) is 5.97 Å². The van der Waals surface area contributed by atoms with Gasteiger partial charge in [-0.3, -0.25) is 4.79 Å². The lowest BCUT2D eigenvalue weighted by Crippen LogP contribution is -2.36. The van der Waals surface area contributed by atoms with Crippen LogP contribution in [-0.2, 0) is 25.0 Å². The van der Waals surface area contributed by atoms with E-state index in [0.29, 0.717) is 12.0 Å². The Hall–Kier alpha value is -1.39. The number of benzene rings is 1. The van der Waals surface area contributed by atoms with E-state index in [1.807, 2.05) is 25.1 Å². The van der Waals surface area contributed by atoms with Crippen LogP contribution >= 0.6 is 0 Å². The standard InChI is InChI=1S/C13H18O4/c1-4-8-12(14)17-13(15-2,16-3)11-9-6-5-7-10-11/h5-7,9-10H,4,8H2,1-3H3. The van der Waals surface area contributed by atoms with Crippen LogP contribution in [0.15, 0.2) is 30.3 Å². The average Bonchev–Trinajstić information content (AvgIpc) is 2.37. The van der Waals surface area contributed by atoms with Gasteiger partial charge < -0.3 is 14.2 Å². The molecule has 0 amide bonds. The van der Waals surface area contributed by atoms with E-state index in [1.54, 1.807) is 12.1 Å². The molecule has 4 nitrogen and oxygen atoms in total. The normalized spacial score (nSPS) is 11.2. The van der Waals surface area contributed by atoms with Crippen LogP contribution in [0, 0.1) is 0 Å². The maximum Gasteiger partial charge on any atom is 0.357 e. The molecule has 0 unspecified atom stereocenters. The molecule has 0 saturated carbocycles. The third-order valence-electron chi connectivity index (χ3n) is 2.37. The quantitative estimate of drug-likeness (QED) is 0.564. The van der Waals surface area contributed by atoms with E-state index < -0.39 is 5.97 Å². The molecule has 94 valence electrons. The number of ether oxygens (including phenoxy) is 3. The smallest absolute Gasteiger partial charge is 0.357 e. The lowest BCUT2D eigenvalue weighted by Gasteiger charge is -2.29. The highest BCUT2D eigenvalue weighted by molar-refractivity contribution is 5.69. The molecular formula is C13H18O4. The molecule has 0 radical (unpaired) electrons. The number of hydrogen-bond acceptors (Lipinski definition) is 4. The third-order valence-corrected chi connectivity index (χ3v) is 2.37. The van der Waals surface area contributed by atoms with Crippen molar-refractivity contribution in [1.29, 1.82) is 0 Å². The van der Waals surface area contributed by atoms with Crippen molar-refractivity contribution >= 4 is 5.97 Å². The number of carbonyl (C=O) groups excluding carboxylic acids is 1. The zero-order valence-electron chi connectivity index (χ0n) is 10.4. The topological polar surface area (TPSA) is 44.8 Å². The van der Waals surface area contributed by atoms with Crippen LogP contribution in [0.5, 0.6) is 0 Å². The zero-order chi connectivity index (χ0) is 12.7. The highest BCUT2D eigenvalue weighted by Gasteiger charge is 2.36. The first kappa shape index (κ1) is 13.7. The van der Waals surface area contributed by atoms with Crippen LogP contribution < -0.4 is 0 Å². The van der Waals surface area contributed by atoms with Gasteiger partial charge in [0.05, 0.1) is 5.56 Å². The van der Waals surface area contributed by atoms with Gasteiger partial charge in [-0.1, -0.05) is 25.1 Å². The summed E-state index contributed by atoms with van der Waals surface area (Å²) in [6.07, 6.45) is 1.05. The summed E-state index contributed by atoms with van der Waals surface area (Å²) < 4.78 is 15.7. The summed E-state index contributed by atoms with van der Waals surface area (Å²) >= 11 is 0. The molecule has 0 aliphatic carbocycles. The van der Waals surface area contributed by atoms with Gasteiger partial charge in [0.15, 0.2) is 0 Å². The lowest BCUT2D eigenvalue weighted by atomic mass is 10.2. The van der Waals surface area contributed by atoms with Crippen LogP contribution in [0.2, 0.25) is 0 Å². The Bertz CT molecular complexity index is 344. The summed E-state index contributed by atoms with van der Waals surface area (Å²) in [5.41, 5.74) is 0.648.